The topological polar surface area (TPSA) is 81.9 Å². The summed E-state index contributed by atoms with van der Waals surface area (Å²) >= 11 is 1.39. The molecule has 0 aliphatic rings. The second-order valence-corrected chi connectivity index (χ2v) is 8.34. The summed E-state index contributed by atoms with van der Waals surface area (Å²) in [4.78, 5) is 16.8. The maximum Gasteiger partial charge on any atom is 0.237 e. The maximum absolute atomic E-state index is 12.7. The van der Waals surface area contributed by atoms with Crippen LogP contribution < -0.4 is 10.1 Å². The van der Waals surface area contributed by atoms with Gasteiger partial charge in [0.1, 0.15) is 5.75 Å². The molecule has 0 spiro atoms. The van der Waals surface area contributed by atoms with Crippen molar-refractivity contribution in [3.8, 4) is 17.1 Å². The molecule has 152 valence electrons. The smallest absolute Gasteiger partial charge is 0.237 e. The summed E-state index contributed by atoms with van der Waals surface area (Å²) in [6.45, 7) is 6.90. The summed E-state index contributed by atoms with van der Waals surface area (Å²) in [7, 11) is 1.61. The summed E-state index contributed by atoms with van der Waals surface area (Å²) in [6, 6.07) is 11.1. The van der Waals surface area contributed by atoms with E-state index in [1.807, 2.05) is 43.3 Å². The number of rotatable bonds is 8. The molecule has 0 bridgehead atoms. The molecule has 0 aliphatic carbocycles. The second kappa shape index (κ2) is 9.56. The van der Waals surface area contributed by atoms with Gasteiger partial charge in [-0.05, 0) is 49.2 Å². The van der Waals surface area contributed by atoms with Crippen molar-refractivity contribution >= 4 is 23.4 Å². The summed E-state index contributed by atoms with van der Waals surface area (Å²) in [5.74, 6) is 1.82. The van der Waals surface area contributed by atoms with Crippen LogP contribution in [-0.4, -0.2) is 38.0 Å². The minimum Gasteiger partial charge on any atom is -0.497 e. The van der Waals surface area contributed by atoms with Gasteiger partial charge in [-0.15, -0.1) is 10.2 Å². The molecule has 0 aliphatic heterocycles. The first-order valence-corrected chi connectivity index (χ1v) is 10.3. The predicted octanol–water partition coefficient (Wildman–Crippen LogP) is 4.12. The molecule has 3 rings (SSSR count). The lowest BCUT2D eigenvalue weighted by Gasteiger charge is -2.15. The first kappa shape index (κ1) is 20.9. The van der Waals surface area contributed by atoms with Gasteiger partial charge in [0, 0.05) is 30.2 Å². The highest BCUT2D eigenvalue weighted by Crippen LogP contribution is 2.28. The van der Waals surface area contributed by atoms with Gasteiger partial charge in [0.25, 0.3) is 0 Å². The number of benzene rings is 1. The maximum atomic E-state index is 12.7. The number of carbonyl (C=O) groups excluding carboxylic acids is 1. The molecule has 1 atom stereocenters. The highest BCUT2D eigenvalue weighted by Gasteiger charge is 2.21. The minimum atomic E-state index is -0.339. The number of ether oxygens (including phenoxy) is 1. The van der Waals surface area contributed by atoms with Crippen molar-refractivity contribution < 1.29 is 9.53 Å². The van der Waals surface area contributed by atoms with Gasteiger partial charge in [0.05, 0.1) is 12.4 Å². The molecule has 8 heteroatoms. The zero-order chi connectivity index (χ0) is 20.8. The summed E-state index contributed by atoms with van der Waals surface area (Å²) in [6.07, 6.45) is 3.50. The molecule has 0 fully saturated rings. The first-order valence-electron chi connectivity index (χ1n) is 9.43. The fourth-order valence-corrected chi connectivity index (χ4v) is 3.60. The van der Waals surface area contributed by atoms with Crippen LogP contribution in [0.5, 0.6) is 5.75 Å². The van der Waals surface area contributed by atoms with E-state index in [2.05, 4.69) is 38.9 Å². The van der Waals surface area contributed by atoms with Gasteiger partial charge in [-0.1, -0.05) is 25.6 Å². The molecule has 29 heavy (non-hydrogen) atoms. The Morgan fingerprint density at radius 1 is 1.17 bits per heavy atom. The van der Waals surface area contributed by atoms with Crippen molar-refractivity contribution in [2.75, 3.05) is 12.4 Å². The van der Waals surface area contributed by atoms with Crippen LogP contribution in [0.1, 0.15) is 20.8 Å². The van der Waals surface area contributed by atoms with Crippen LogP contribution in [-0.2, 0) is 11.3 Å². The first-order chi connectivity index (χ1) is 14.0. The van der Waals surface area contributed by atoms with Crippen LogP contribution in [0.15, 0.2) is 53.9 Å². The average Bonchev–Trinajstić information content (AvgIpc) is 3.10. The van der Waals surface area contributed by atoms with E-state index in [9.17, 15) is 4.79 Å². The Labute approximate surface area is 174 Å². The number of nitrogens with zero attached hydrogens (tertiary/aromatic N) is 4. The number of nitrogens with one attached hydrogen (secondary N) is 1. The SMILES string of the molecule is COc1ccc(NC(=O)[C@@H](C)Sc2nnc(-c3cccnc3)n2CC(C)C)cc1. The van der Waals surface area contributed by atoms with E-state index in [0.717, 1.165) is 34.5 Å². The number of anilines is 1. The van der Waals surface area contributed by atoms with E-state index in [1.54, 1.807) is 19.5 Å². The van der Waals surface area contributed by atoms with Crippen molar-refractivity contribution in [3.63, 3.8) is 0 Å². The van der Waals surface area contributed by atoms with Crippen molar-refractivity contribution in [2.45, 2.75) is 37.7 Å². The lowest BCUT2D eigenvalue weighted by atomic mass is 10.2. The lowest BCUT2D eigenvalue weighted by molar-refractivity contribution is -0.115. The van der Waals surface area contributed by atoms with E-state index < -0.39 is 0 Å². The molecule has 0 unspecified atom stereocenters. The van der Waals surface area contributed by atoms with Crippen LogP contribution in [0.4, 0.5) is 5.69 Å². The molecule has 1 aromatic carbocycles. The number of methoxy groups -OCH3 is 1. The monoisotopic (exact) mass is 411 g/mol. The Bertz CT molecular complexity index is 941. The highest BCUT2D eigenvalue weighted by molar-refractivity contribution is 8.00. The van der Waals surface area contributed by atoms with Crippen molar-refractivity contribution in [2.24, 2.45) is 5.92 Å². The Balaban J connectivity index is 1.75. The van der Waals surface area contributed by atoms with Crippen LogP contribution in [0, 0.1) is 5.92 Å². The van der Waals surface area contributed by atoms with Gasteiger partial charge in [-0.3, -0.25) is 9.78 Å². The highest BCUT2D eigenvalue weighted by atomic mass is 32.2. The number of aromatic nitrogens is 4. The van der Waals surface area contributed by atoms with Gasteiger partial charge >= 0.3 is 0 Å². The summed E-state index contributed by atoms with van der Waals surface area (Å²) in [5, 5.41) is 12.0. The molecule has 3 aromatic rings. The average molecular weight is 412 g/mol. The van der Waals surface area contributed by atoms with E-state index in [0.29, 0.717) is 5.92 Å². The van der Waals surface area contributed by atoms with Crippen molar-refractivity contribution in [3.05, 3.63) is 48.8 Å². The molecule has 2 aromatic heterocycles. The zero-order valence-electron chi connectivity index (χ0n) is 17.0. The lowest BCUT2D eigenvalue weighted by Crippen LogP contribution is -2.23. The van der Waals surface area contributed by atoms with E-state index >= 15 is 0 Å². The minimum absolute atomic E-state index is 0.0952. The second-order valence-electron chi connectivity index (χ2n) is 7.03. The van der Waals surface area contributed by atoms with Crippen molar-refractivity contribution in [1.29, 1.82) is 0 Å². The van der Waals surface area contributed by atoms with Gasteiger partial charge < -0.3 is 14.6 Å². The standard InChI is InChI=1S/C21H25N5O2S/c1-14(2)13-26-19(16-6-5-11-22-12-16)24-25-21(26)29-15(3)20(27)23-17-7-9-18(28-4)10-8-17/h5-12,14-15H,13H2,1-4H3,(H,23,27)/t15-/m1/s1. The van der Waals surface area contributed by atoms with E-state index in [1.165, 1.54) is 11.8 Å². The Kier molecular flexibility index (Phi) is 6.87. The van der Waals surface area contributed by atoms with Gasteiger partial charge in [-0.2, -0.15) is 0 Å². The Hall–Kier alpha value is -2.87. The number of pyridine rings is 1. The fourth-order valence-electron chi connectivity index (χ4n) is 2.74. The third kappa shape index (κ3) is 5.35. The molecule has 0 saturated heterocycles. The number of amides is 1. The molecule has 1 N–H and O–H groups in total. The van der Waals surface area contributed by atoms with Gasteiger partial charge in [-0.25, -0.2) is 0 Å². The van der Waals surface area contributed by atoms with Crippen LogP contribution >= 0.6 is 11.8 Å². The Morgan fingerprint density at radius 3 is 2.55 bits per heavy atom. The molecule has 2 heterocycles. The van der Waals surface area contributed by atoms with E-state index in [4.69, 9.17) is 4.74 Å². The van der Waals surface area contributed by atoms with Crippen LogP contribution in [0.3, 0.4) is 0 Å². The number of carbonyl (C=O) groups is 1. The van der Waals surface area contributed by atoms with Crippen molar-refractivity contribution in [1.82, 2.24) is 19.7 Å². The Morgan fingerprint density at radius 2 is 1.93 bits per heavy atom. The summed E-state index contributed by atoms with van der Waals surface area (Å²) < 4.78 is 7.20. The van der Waals surface area contributed by atoms with E-state index in [-0.39, 0.29) is 11.2 Å². The zero-order valence-corrected chi connectivity index (χ0v) is 17.8. The number of thioether (sulfide) groups is 1. The number of hydrogen-bond donors (Lipinski definition) is 1. The normalized spacial score (nSPS) is 12.0. The summed E-state index contributed by atoms with van der Waals surface area (Å²) in [5.41, 5.74) is 1.63. The molecule has 1 amide bonds. The third-order valence-corrected chi connectivity index (χ3v) is 5.27. The van der Waals surface area contributed by atoms with Gasteiger partial charge in [0.2, 0.25) is 5.91 Å². The largest absolute Gasteiger partial charge is 0.497 e. The fraction of sp³-hybridized carbons (Fsp3) is 0.333. The molecule has 0 saturated carbocycles. The van der Waals surface area contributed by atoms with Crippen LogP contribution in [0.25, 0.3) is 11.4 Å². The predicted molar refractivity (Wildman–Crippen MR) is 115 cm³/mol. The van der Waals surface area contributed by atoms with Crippen LogP contribution in [0.2, 0.25) is 0 Å². The number of hydrogen-bond acceptors (Lipinski definition) is 6. The molecular formula is C21H25N5O2S. The quantitative estimate of drug-likeness (QED) is 0.562. The van der Waals surface area contributed by atoms with Gasteiger partial charge in [0.15, 0.2) is 11.0 Å². The molecular weight excluding hydrogens is 386 g/mol. The molecule has 0 radical (unpaired) electrons. The third-order valence-electron chi connectivity index (χ3n) is 4.19. The molecule has 7 nitrogen and oxygen atoms in total.